The Kier molecular flexibility index (Phi) is 4.80. The molecule has 1 aliphatic heterocycles. The molecule has 0 saturated carbocycles. The quantitative estimate of drug-likeness (QED) is 0.905. The van der Waals surface area contributed by atoms with Gasteiger partial charge < -0.3 is 15.0 Å². The van der Waals surface area contributed by atoms with E-state index in [1.165, 1.54) is 11.1 Å². The maximum Gasteiger partial charge on any atom is 0.317 e. The highest BCUT2D eigenvalue weighted by Crippen LogP contribution is 2.06. The van der Waals surface area contributed by atoms with Gasteiger partial charge in [0, 0.05) is 19.1 Å². The second-order valence-electron chi connectivity index (χ2n) is 5.14. The first-order valence-electron chi connectivity index (χ1n) is 6.84. The third kappa shape index (κ3) is 4.24. The van der Waals surface area contributed by atoms with E-state index < -0.39 is 0 Å². The first-order valence-corrected chi connectivity index (χ1v) is 6.84. The van der Waals surface area contributed by atoms with Crippen LogP contribution in [0.3, 0.4) is 0 Å². The normalized spacial score (nSPS) is 17.1. The number of aryl methyl sites for hydroxylation is 1. The molecule has 2 rings (SSSR count). The maximum absolute atomic E-state index is 12.0. The monoisotopic (exact) mass is 262 g/mol. The maximum atomic E-state index is 12.0. The van der Waals surface area contributed by atoms with Gasteiger partial charge in [0.05, 0.1) is 13.2 Å². The van der Waals surface area contributed by atoms with Gasteiger partial charge in [0.15, 0.2) is 0 Å². The van der Waals surface area contributed by atoms with Gasteiger partial charge in [-0.1, -0.05) is 29.8 Å². The Labute approximate surface area is 114 Å². The third-order valence-corrected chi connectivity index (χ3v) is 3.33. The molecule has 0 aliphatic carbocycles. The summed E-state index contributed by atoms with van der Waals surface area (Å²) in [6, 6.07) is 8.60. The minimum atomic E-state index is 0.0166. The van der Waals surface area contributed by atoms with E-state index in [4.69, 9.17) is 4.74 Å². The molecule has 1 atom stereocenters. The highest BCUT2D eigenvalue weighted by Gasteiger charge is 2.18. The molecule has 4 heteroatoms. The zero-order valence-electron chi connectivity index (χ0n) is 11.7. The van der Waals surface area contributed by atoms with Gasteiger partial charge in [-0.2, -0.15) is 0 Å². The fourth-order valence-electron chi connectivity index (χ4n) is 2.20. The van der Waals surface area contributed by atoms with E-state index in [0.717, 1.165) is 6.42 Å². The fraction of sp³-hybridized carbons (Fsp3) is 0.533. The second-order valence-corrected chi connectivity index (χ2v) is 5.14. The number of carbonyl (C=O) groups excluding carboxylic acids is 1. The lowest BCUT2D eigenvalue weighted by Gasteiger charge is -2.28. The van der Waals surface area contributed by atoms with Gasteiger partial charge in [0.1, 0.15) is 0 Å². The van der Waals surface area contributed by atoms with Gasteiger partial charge in [-0.05, 0) is 25.8 Å². The van der Waals surface area contributed by atoms with E-state index in [9.17, 15) is 4.79 Å². The smallest absolute Gasteiger partial charge is 0.317 e. The average molecular weight is 262 g/mol. The second kappa shape index (κ2) is 6.57. The average Bonchev–Trinajstić information content (AvgIpc) is 2.42. The number of nitrogens with zero attached hydrogens (tertiary/aromatic N) is 1. The summed E-state index contributed by atoms with van der Waals surface area (Å²) < 4.78 is 5.24. The van der Waals surface area contributed by atoms with E-state index in [2.05, 4.69) is 36.5 Å². The zero-order chi connectivity index (χ0) is 13.7. The molecule has 1 fully saturated rings. The SMILES string of the molecule is Cc1ccc(CC(C)NC(=O)N2CCOCC2)cc1. The number of benzene rings is 1. The van der Waals surface area contributed by atoms with Crippen molar-refractivity contribution >= 4 is 6.03 Å². The molecule has 1 heterocycles. The summed E-state index contributed by atoms with van der Waals surface area (Å²) in [6.45, 7) is 6.76. The molecular formula is C15H22N2O2. The van der Waals surface area contributed by atoms with Crippen molar-refractivity contribution in [3.8, 4) is 0 Å². The molecule has 0 bridgehead atoms. The number of hydrogen-bond donors (Lipinski definition) is 1. The van der Waals surface area contributed by atoms with Crippen LogP contribution in [0.5, 0.6) is 0 Å². The summed E-state index contributed by atoms with van der Waals surface area (Å²) in [5, 5.41) is 3.04. The molecule has 104 valence electrons. The summed E-state index contributed by atoms with van der Waals surface area (Å²) in [5.41, 5.74) is 2.51. The number of urea groups is 1. The van der Waals surface area contributed by atoms with Crippen molar-refractivity contribution in [2.45, 2.75) is 26.3 Å². The topological polar surface area (TPSA) is 41.6 Å². The Morgan fingerprint density at radius 1 is 1.32 bits per heavy atom. The zero-order valence-corrected chi connectivity index (χ0v) is 11.7. The van der Waals surface area contributed by atoms with Crippen LogP contribution in [-0.2, 0) is 11.2 Å². The van der Waals surface area contributed by atoms with Crippen molar-refractivity contribution in [2.24, 2.45) is 0 Å². The lowest BCUT2D eigenvalue weighted by Crippen LogP contribution is -2.49. The number of nitrogens with one attached hydrogen (secondary N) is 1. The van der Waals surface area contributed by atoms with E-state index in [1.54, 1.807) is 0 Å². The van der Waals surface area contributed by atoms with E-state index in [-0.39, 0.29) is 12.1 Å². The van der Waals surface area contributed by atoms with E-state index in [0.29, 0.717) is 26.3 Å². The minimum absolute atomic E-state index is 0.0166. The minimum Gasteiger partial charge on any atom is -0.378 e. The lowest BCUT2D eigenvalue weighted by atomic mass is 10.1. The number of rotatable bonds is 3. The van der Waals surface area contributed by atoms with Crippen LogP contribution >= 0.6 is 0 Å². The van der Waals surface area contributed by atoms with Crippen LogP contribution in [-0.4, -0.2) is 43.3 Å². The van der Waals surface area contributed by atoms with Gasteiger partial charge in [0.2, 0.25) is 0 Å². The molecule has 0 spiro atoms. The first-order chi connectivity index (χ1) is 9.15. The lowest BCUT2D eigenvalue weighted by molar-refractivity contribution is 0.0526. The van der Waals surface area contributed by atoms with Crippen LogP contribution in [0.25, 0.3) is 0 Å². The Morgan fingerprint density at radius 2 is 1.95 bits per heavy atom. The van der Waals surface area contributed by atoms with Gasteiger partial charge >= 0.3 is 6.03 Å². The van der Waals surface area contributed by atoms with Crippen molar-refractivity contribution < 1.29 is 9.53 Å². The summed E-state index contributed by atoms with van der Waals surface area (Å²) in [6.07, 6.45) is 0.857. The number of morpholine rings is 1. The van der Waals surface area contributed by atoms with Gasteiger partial charge in [-0.3, -0.25) is 0 Å². The van der Waals surface area contributed by atoms with Crippen molar-refractivity contribution in [3.63, 3.8) is 0 Å². The molecule has 2 amide bonds. The third-order valence-electron chi connectivity index (χ3n) is 3.33. The summed E-state index contributed by atoms with van der Waals surface area (Å²) in [4.78, 5) is 13.8. The molecule has 0 radical (unpaired) electrons. The van der Waals surface area contributed by atoms with Crippen LogP contribution in [0.15, 0.2) is 24.3 Å². The molecule has 19 heavy (non-hydrogen) atoms. The number of carbonyl (C=O) groups is 1. The van der Waals surface area contributed by atoms with Crippen LogP contribution in [0.4, 0.5) is 4.79 Å². The molecule has 0 aromatic heterocycles. The summed E-state index contributed by atoms with van der Waals surface area (Å²) in [7, 11) is 0. The Morgan fingerprint density at radius 3 is 2.58 bits per heavy atom. The summed E-state index contributed by atoms with van der Waals surface area (Å²) in [5.74, 6) is 0. The fourth-order valence-corrected chi connectivity index (χ4v) is 2.20. The van der Waals surface area contributed by atoms with Crippen LogP contribution in [0.1, 0.15) is 18.1 Å². The molecule has 4 nitrogen and oxygen atoms in total. The molecule has 1 aromatic rings. The standard InChI is InChI=1S/C15H22N2O2/c1-12-3-5-14(6-4-12)11-13(2)16-15(18)17-7-9-19-10-8-17/h3-6,13H,7-11H2,1-2H3,(H,16,18). The first kappa shape index (κ1) is 13.9. The van der Waals surface area contributed by atoms with Crippen LogP contribution in [0, 0.1) is 6.92 Å². The van der Waals surface area contributed by atoms with Gasteiger partial charge in [-0.25, -0.2) is 4.79 Å². The largest absolute Gasteiger partial charge is 0.378 e. The molecule has 1 saturated heterocycles. The predicted octanol–water partition coefficient (Wildman–Crippen LogP) is 1.97. The number of amides is 2. The van der Waals surface area contributed by atoms with Crippen LogP contribution < -0.4 is 5.32 Å². The van der Waals surface area contributed by atoms with Crippen molar-refractivity contribution in [3.05, 3.63) is 35.4 Å². The number of hydrogen-bond acceptors (Lipinski definition) is 2. The molecule has 1 unspecified atom stereocenters. The molecular weight excluding hydrogens is 240 g/mol. The number of ether oxygens (including phenoxy) is 1. The van der Waals surface area contributed by atoms with Gasteiger partial charge in [-0.15, -0.1) is 0 Å². The molecule has 1 aliphatic rings. The van der Waals surface area contributed by atoms with Crippen molar-refractivity contribution in [1.29, 1.82) is 0 Å². The van der Waals surface area contributed by atoms with Crippen LogP contribution in [0.2, 0.25) is 0 Å². The van der Waals surface area contributed by atoms with E-state index in [1.807, 2.05) is 11.8 Å². The molecule has 1 N–H and O–H groups in total. The summed E-state index contributed by atoms with van der Waals surface area (Å²) >= 11 is 0. The van der Waals surface area contributed by atoms with E-state index >= 15 is 0 Å². The van der Waals surface area contributed by atoms with Crippen molar-refractivity contribution in [1.82, 2.24) is 10.2 Å². The highest BCUT2D eigenvalue weighted by molar-refractivity contribution is 5.74. The Balaban J connectivity index is 1.81. The molecule has 1 aromatic carbocycles. The Bertz CT molecular complexity index is 411. The van der Waals surface area contributed by atoms with Gasteiger partial charge in [0.25, 0.3) is 0 Å². The Hall–Kier alpha value is -1.55. The van der Waals surface area contributed by atoms with Crippen molar-refractivity contribution in [2.75, 3.05) is 26.3 Å². The predicted molar refractivity (Wildman–Crippen MR) is 75.3 cm³/mol. The highest BCUT2D eigenvalue weighted by atomic mass is 16.5.